The second-order valence-corrected chi connectivity index (χ2v) is 6.50. The van der Waals surface area contributed by atoms with Crippen molar-refractivity contribution >= 4 is 23.5 Å². The molecule has 0 unspecified atom stereocenters. The minimum Gasteiger partial charge on any atom is -0.466 e. The number of imidazole rings is 1. The van der Waals surface area contributed by atoms with Crippen molar-refractivity contribution in [3.05, 3.63) is 35.8 Å². The maximum atomic E-state index is 12.3. The SMILES string of the molecule is CCOC(=O)C1CCN(C(=O)COC(=O)c2cn3c(C)cccc3n2)CC1. The topological polar surface area (TPSA) is 90.2 Å². The van der Waals surface area contributed by atoms with Gasteiger partial charge in [-0.05, 0) is 38.8 Å². The number of piperidine rings is 1. The van der Waals surface area contributed by atoms with Gasteiger partial charge in [-0.3, -0.25) is 9.59 Å². The van der Waals surface area contributed by atoms with Crippen molar-refractivity contribution in [3.63, 3.8) is 0 Å². The number of esters is 2. The highest BCUT2D eigenvalue weighted by Crippen LogP contribution is 2.19. The van der Waals surface area contributed by atoms with Gasteiger partial charge in [0.2, 0.25) is 0 Å². The number of hydrogen-bond acceptors (Lipinski definition) is 6. The molecule has 3 heterocycles. The van der Waals surface area contributed by atoms with E-state index in [9.17, 15) is 14.4 Å². The van der Waals surface area contributed by atoms with Crippen LogP contribution in [0.1, 0.15) is 35.9 Å². The number of ether oxygens (including phenoxy) is 2. The van der Waals surface area contributed by atoms with Crippen LogP contribution in [-0.4, -0.2) is 58.4 Å². The Kier molecular flexibility index (Phi) is 5.73. The molecular weight excluding hydrogens is 350 g/mol. The fraction of sp³-hybridized carbons (Fsp3) is 0.474. The number of rotatable bonds is 5. The number of fused-ring (bicyclic) bond motifs is 1. The molecule has 2 aromatic rings. The van der Waals surface area contributed by atoms with E-state index < -0.39 is 5.97 Å². The molecule has 0 atom stereocenters. The summed E-state index contributed by atoms with van der Waals surface area (Å²) in [4.78, 5) is 42.0. The number of nitrogens with zero attached hydrogens (tertiary/aromatic N) is 3. The minimum atomic E-state index is -0.632. The number of carbonyl (C=O) groups excluding carboxylic acids is 3. The number of carbonyl (C=O) groups is 3. The van der Waals surface area contributed by atoms with Crippen LogP contribution in [0.15, 0.2) is 24.4 Å². The number of amides is 1. The number of pyridine rings is 1. The van der Waals surface area contributed by atoms with Gasteiger partial charge in [-0.15, -0.1) is 0 Å². The lowest BCUT2D eigenvalue weighted by molar-refractivity contribution is -0.151. The predicted octanol–water partition coefficient (Wildman–Crippen LogP) is 1.60. The molecule has 1 fully saturated rings. The molecule has 1 amide bonds. The van der Waals surface area contributed by atoms with Crippen LogP contribution in [0, 0.1) is 12.8 Å². The Morgan fingerprint density at radius 3 is 2.59 bits per heavy atom. The molecule has 0 saturated carbocycles. The summed E-state index contributed by atoms with van der Waals surface area (Å²) in [5, 5.41) is 0. The van der Waals surface area contributed by atoms with E-state index in [1.54, 1.807) is 28.5 Å². The van der Waals surface area contributed by atoms with Crippen molar-refractivity contribution < 1.29 is 23.9 Å². The van der Waals surface area contributed by atoms with Crippen LogP contribution < -0.4 is 0 Å². The Balaban J connectivity index is 1.51. The van der Waals surface area contributed by atoms with Crippen molar-refractivity contribution in [2.75, 3.05) is 26.3 Å². The van der Waals surface area contributed by atoms with Crippen LogP contribution >= 0.6 is 0 Å². The first-order valence-electron chi connectivity index (χ1n) is 9.06. The lowest BCUT2D eigenvalue weighted by Gasteiger charge is -2.30. The Bertz CT molecular complexity index is 852. The van der Waals surface area contributed by atoms with E-state index in [4.69, 9.17) is 9.47 Å². The van der Waals surface area contributed by atoms with Crippen LogP contribution in [0.25, 0.3) is 5.65 Å². The highest BCUT2D eigenvalue weighted by atomic mass is 16.5. The molecule has 0 aromatic carbocycles. The normalized spacial score (nSPS) is 15.0. The predicted molar refractivity (Wildman–Crippen MR) is 96.1 cm³/mol. The first-order chi connectivity index (χ1) is 13.0. The Hall–Kier alpha value is -2.90. The van der Waals surface area contributed by atoms with E-state index in [0.29, 0.717) is 38.2 Å². The molecule has 1 aliphatic rings. The third kappa shape index (κ3) is 4.27. The van der Waals surface area contributed by atoms with Gasteiger partial charge in [-0.1, -0.05) is 6.07 Å². The van der Waals surface area contributed by atoms with Gasteiger partial charge in [0, 0.05) is 25.0 Å². The first-order valence-corrected chi connectivity index (χ1v) is 9.06. The summed E-state index contributed by atoms with van der Waals surface area (Å²) in [6, 6.07) is 5.56. The third-order valence-corrected chi connectivity index (χ3v) is 4.70. The zero-order valence-corrected chi connectivity index (χ0v) is 15.5. The van der Waals surface area contributed by atoms with E-state index in [-0.39, 0.29) is 30.1 Å². The second-order valence-electron chi connectivity index (χ2n) is 6.50. The zero-order chi connectivity index (χ0) is 19.4. The molecule has 0 N–H and O–H groups in total. The highest BCUT2D eigenvalue weighted by Gasteiger charge is 2.28. The molecule has 3 rings (SSSR count). The molecular formula is C19H23N3O5. The van der Waals surface area contributed by atoms with Crippen molar-refractivity contribution in [2.24, 2.45) is 5.92 Å². The Morgan fingerprint density at radius 2 is 1.93 bits per heavy atom. The van der Waals surface area contributed by atoms with E-state index in [2.05, 4.69) is 4.98 Å². The molecule has 0 spiro atoms. The fourth-order valence-corrected chi connectivity index (χ4v) is 3.16. The van der Waals surface area contributed by atoms with Crippen LogP contribution in [-0.2, 0) is 19.1 Å². The molecule has 0 bridgehead atoms. The van der Waals surface area contributed by atoms with Crippen molar-refractivity contribution in [1.29, 1.82) is 0 Å². The fourth-order valence-electron chi connectivity index (χ4n) is 3.16. The summed E-state index contributed by atoms with van der Waals surface area (Å²) in [5.41, 5.74) is 1.76. The second kappa shape index (κ2) is 8.20. The lowest BCUT2D eigenvalue weighted by Crippen LogP contribution is -2.42. The lowest BCUT2D eigenvalue weighted by atomic mass is 9.97. The van der Waals surface area contributed by atoms with Gasteiger partial charge in [0.25, 0.3) is 5.91 Å². The number of likely N-dealkylation sites (tertiary alicyclic amines) is 1. The van der Waals surface area contributed by atoms with Gasteiger partial charge in [0.1, 0.15) is 5.65 Å². The summed E-state index contributed by atoms with van der Waals surface area (Å²) >= 11 is 0. The average molecular weight is 373 g/mol. The van der Waals surface area contributed by atoms with Gasteiger partial charge < -0.3 is 18.8 Å². The molecule has 0 aliphatic carbocycles. The maximum Gasteiger partial charge on any atom is 0.359 e. The minimum absolute atomic E-state index is 0.165. The van der Waals surface area contributed by atoms with Crippen molar-refractivity contribution in [2.45, 2.75) is 26.7 Å². The quantitative estimate of drug-likeness (QED) is 0.740. The largest absolute Gasteiger partial charge is 0.466 e. The maximum absolute atomic E-state index is 12.3. The summed E-state index contributed by atoms with van der Waals surface area (Å²) in [5.74, 6) is -1.28. The molecule has 0 radical (unpaired) electrons. The van der Waals surface area contributed by atoms with Crippen molar-refractivity contribution in [3.8, 4) is 0 Å². The summed E-state index contributed by atoms with van der Waals surface area (Å²) in [7, 11) is 0. The van der Waals surface area contributed by atoms with E-state index in [0.717, 1.165) is 5.69 Å². The smallest absolute Gasteiger partial charge is 0.359 e. The van der Waals surface area contributed by atoms with Gasteiger partial charge >= 0.3 is 11.9 Å². The molecule has 144 valence electrons. The summed E-state index contributed by atoms with van der Waals surface area (Å²) in [6.45, 7) is 4.61. The average Bonchev–Trinajstić information content (AvgIpc) is 3.12. The molecule has 8 nitrogen and oxygen atoms in total. The van der Waals surface area contributed by atoms with Gasteiger partial charge in [-0.2, -0.15) is 0 Å². The van der Waals surface area contributed by atoms with E-state index >= 15 is 0 Å². The van der Waals surface area contributed by atoms with Crippen molar-refractivity contribution in [1.82, 2.24) is 14.3 Å². The molecule has 8 heteroatoms. The Morgan fingerprint density at radius 1 is 1.19 bits per heavy atom. The number of hydrogen-bond donors (Lipinski definition) is 0. The van der Waals surface area contributed by atoms with Gasteiger partial charge in [-0.25, -0.2) is 9.78 Å². The zero-order valence-electron chi connectivity index (χ0n) is 15.5. The summed E-state index contributed by atoms with van der Waals surface area (Å²) in [6.07, 6.45) is 2.72. The van der Waals surface area contributed by atoms with Gasteiger partial charge in [0.05, 0.1) is 12.5 Å². The Labute approximate surface area is 157 Å². The van der Waals surface area contributed by atoms with Crippen LogP contribution in [0.2, 0.25) is 0 Å². The van der Waals surface area contributed by atoms with Crippen LogP contribution in [0.3, 0.4) is 0 Å². The number of aromatic nitrogens is 2. The molecule has 2 aromatic heterocycles. The van der Waals surface area contributed by atoms with Crippen LogP contribution in [0.5, 0.6) is 0 Å². The van der Waals surface area contributed by atoms with E-state index in [1.807, 2.05) is 19.1 Å². The molecule has 1 saturated heterocycles. The molecule has 27 heavy (non-hydrogen) atoms. The number of aryl methyl sites for hydroxylation is 1. The first kappa shape index (κ1) is 18.9. The van der Waals surface area contributed by atoms with Gasteiger partial charge in [0.15, 0.2) is 12.3 Å². The molecule has 1 aliphatic heterocycles. The standard InChI is InChI=1S/C19H23N3O5/c1-3-26-18(24)14-7-9-21(10-8-14)17(23)12-27-19(25)15-11-22-13(2)5-4-6-16(22)20-15/h4-6,11,14H,3,7-10,12H2,1-2H3. The van der Waals surface area contributed by atoms with E-state index in [1.165, 1.54) is 0 Å². The van der Waals surface area contributed by atoms with Crippen LogP contribution in [0.4, 0.5) is 0 Å². The third-order valence-electron chi connectivity index (χ3n) is 4.70. The highest BCUT2D eigenvalue weighted by molar-refractivity contribution is 5.90. The summed E-state index contributed by atoms with van der Waals surface area (Å²) < 4.78 is 11.9. The monoisotopic (exact) mass is 373 g/mol.